The average Bonchev–Trinajstić information content (AvgIpc) is 2.27. The maximum Gasteiger partial charge on any atom is 0.248 e. The van der Waals surface area contributed by atoms with Crippen molar-refractivity contribution in [3.63, 3.8) is 0 Å². The Labute approximate surface area is 98.8 Å². The summed E-state index contributed by atoms with van der Waals surface area (Å²) in [4.78, 5) is 22.0. The zero-order valence-corrected chi connectivity index (χ0v) is 9.67. The third-order valence-corrected chi connectivity index (χ3v) is 2.47. The molecule has 16 heavy (non-hydrogen) atoms. The lowest BCUT2D eigenvalue weighted by molar-refractivity contribution is -0.118. The first kappa shape index (κ1) is 12.5. The predicted molar refractivity (Wildman–Crippen MR) is 62.3 cm³/mol. The van der Waals surface area contributed by atoms with Gasteiger partial charge < -0.3 is 11.1 Å². The van der Waals surface area contributed by atoms with Gasteiger partial charge in [-0.2, -0.15) is 0 Å². The van der Waals surface area contributed by atoms with E-state index in [9.17, 15) is 9.59 Å². The molecule has 0 heterocycles. The first-order chi connectivity index (χ1) is 7.54. The molecule has 5 heteroatoms. The second-order valence-corrected chi connectivity index (χ2v) is 3.68. The molecule has 0 aliphatic carbocycles. The van der Waals surface area contributed by atoms with Gasteiger partial charge in [-0.3, -0.25) is 9.59 Å². The van der Waals surface area contributed by atoms with Gasteiger partial charge in [-0.25, -0.2) is 0 Å². The second-order valence-electron chi connectivity index (χ2n) is 3.42. The molecule has 0 bridgehead atoms. The quantitative estimate of drug-likeness (QED) is 0.769. The molecule has 0 radical (unpaired) electrons. The van der Waals surface area contributed by atoms with Crippen LogP contribution < -0.4 is 11.1 Å². The van der Waals surface area contributed by atoms with Gasteiger partial charge in [0.15, 0.2) is 0 Å². The van der Waals surface area contributed by atoms with E-state index in [1.54, 1.807) is 18.2 Å². The molecule has 1 aromatic rings. The normalized spacial score (nSPS) is 9.88. The number of aryl methyl sites for hydroxylation is 1. The van der Waals surface area contributed by atoms with Crippen LogP contribution in [0.1, 0.15) is 21.5 Å². The molecule has 0 fully saturated rings. The third kappa shape index (κ3) is 3.24. The van der Waals surface area contributed by atoms with E-state index in [0.29, 0.717) is 12.1 Å². The molecule has 0 aliphatic heterocycles. The molecule has 0 atom stereocenters. The number of rotatable bonds is 4. The van der Waals surface area contributed by atoms with E-state index in [-0.39, 0.29) is 11.8 Å². The number of primary amides is 1. The largest absolute Gasteiger partial charge is 0.366 e. The summed E-state index contributed by atoms with van der Waals surface area (Å²) in [6, 6.07) is 5.12. The summed E-state index contributed by atoms with van der Waals surface area (Å²) >= 11 is 5.35. The van der Waals surface area contributed by atoms with Crippen molar-refractivity contribution in [3.05, 3.63) is 34.9 Å². The predicted octanol–water partition coefficient (Wildman–Crippen LogP) is 0.949. The SMILES string of the molecule is Cc1ccc(C(N)=O)cc1CNC(=O)CCl. The first-order valence-corrected chi connectivity index (χ1v) is 5.30. The Morgan fingerprint density at radius 3 is 2.69 bits per heavy atom. The smallest absolute Gasteiger partial charge is 0.248 e. The molecule has 0 saturated carbocycles. The maximum absolute atomic E-state index is 11.0. The van der Waals surface area contributed by atoms with E-state index in [4.69, 9.17) is 17.3 Å². The molecule has 0 spiro atoms. The fraction of sp³-hybridized carbons (Fsp3) is 0.273. The number of hydrogen-bond acceptors (Lipinski definition) is 2. The first-order valence-electron chi connectivity index (χ1n) is 4.76. The topological polar surface area (TPSA) is 72.2 Å². The Bertz CT molecular complexity index is 418. The molecule has 86 valence electrons. The van der Waals surface area contributed by atoms with Crippen molar-refractivity contribution in [2.45, 2.75) is 13.5 Å². The van der Waals surface area contributed by atoms with Crippen LogP contribution in [0.4, 0.5) is 0 Å². The fourth-order valence-electron chi connectivity index (χ4n) is 1.26. The highest BCUT2D eigenvalue weighted by Gasteiger charge is 2.05. The van der Waals surface area contributed by atoms with Crippen LogP contribution in [0.15, 0.2) is 18.2 Å². The molecule has 0 saturated heterocycles. The van der Waals surface area contributed by atoms with Gasteiger partial charge >= 0.3 is 0 Å². The summed E-state index contributed by atoms with van der Waals surface area (Å²) in [5.74, 6) is -0.801. The minimum atomic E-state index is -0.482. The Balaban J connectivity index is 2.82. The summed E-state index contributed by atoms with van der Waals surface area (Å²) in [7, 11) is 0. The van der Waals surface area contributed by atoms with Crippen molar-refractivity contribution in [2.75, 3.05) is 5.88 Å². The highest BCUT2D eigenvalue weighted by molar-refractivity contribution is 6.27. The average molecular weight is 241 g/mol. The Morgan fingerprint density at radius 1 is 1.44 bits per heavy atom. The van der Waals surface area contributed by atoms with Gasteiger partial charge in [-0.1, -0.05) is 6.07 Å². The van der Waals surface area contributed by atoms with Crippen molar-refractivity contribution in [3.8, 4) is 0 Å². The van der Waals surface area contributed by atoms with Crippen molar-refractivity contribution in [1.29, 1.82) is 0 Å². The minimum absolute atomic E-state index is 0.0748. The van der Waals surface area contributed by atoms with E-state index < -0.39 is 5.91 Å². The lowest BCUT2D eigenvalue weighted by atomic mass is 10.0. The summed E-state index contributed by atoms with van der Waals surface area (Å²) in [5, 5.41) is 2.63. The van der Waals surface area contributed by atoms with Crippen molar-refractivity contribution < 1.29 is 9.59 Å². The Kier molecular flexibility index (Phi) is 4.31. The van der Waals surface area contributed by atoms with Crippen LogP contribution >= 0.6 is 11.6 Å². The number of carbonyl (C=O) groups excluding carboxylic acids is 2. The number of nitrogens with two attached hydrogens (primary N) is 1. The molecule has 4 nitrogen and oxygen atoms in total. The van der Waals surface area contributed by atoms with Crippen molar-refractivity contribution in [1.82, 2.24) is 5.32 Å². The third-order valence-electron chi connectivity index (χ3n) is 2.23. The van der Waals surface area contributed by atoms with Crippen LogP contribution in [0.25, 0.3) is 0 Å². The number of amides is 2. The zero-order chi connectivity index (χ0) is 12.1. The summed E-state index contributed by atoms with van der Waals surface area (Å²) < 4.78 is 0. The number of carbonyl (C=O) groups is 2. The van der Waals surface area contributed by atoms with Gasteiger partial charge in [0.25, 0.3) is 0 Å². The van der Waals surface area contributed by atoms with Gasteiger partial charge in [-0.05, 0) is 30.2 Å². The van der Waals surface area contributed by atoms with Crippen molar-refractivity contribution >= 4 is 23.4 Å². The Morgan fingerprint density at radius 2 is 2.12 bits per heavy atom. The second kappa shape index (κ2) is 5.51. The van der Waals surface area contributed by atoms with E-state index >= 15 is 0 Å². The van der Waals surface area contributed by atoms with Gasteiger partial charge in [0.05, 0.1) is 0 Å². The highest BCUT2D eigenvalue weighted by Crippen LogP contribution is 2.10. The van der Waals surface area contributed by atoms with Gasteiger partial charge in [0.1, 0.15) is 5.88 Å². The number of halogens is 1. The molecule has 0 aliphatic rings. The van der Waals surface area contributed by atoms with Gasteiger partial charge in [-0.15, -0.1) is 11.6 Å². The summed E-state index contributed by atoms with van der Waals surface area (Å²) in [6.45, 7) is 2.24. The maximum atomic E-state index is 11.0. The van der Waals surface area contributed by atoms with Crippen LogP contribution in [-0.4, -0.2) is 17.7 Å². The number of nitrogens with one attached hydrogen (secondary N) is 1. The van der Waals surface area contributed by atoms with Crippen LogP contribution in [0.5, 0.6) is 0 Å². The molecular weight excluding hydrogens is 228 g/mol. The van der Waals surface area contributed by atoms with Crippen LogP contribution in [-0.2, 0) is 11.3 Å². The minimum Gasteiger partial charge on any atom is -0.366 e. The van der Waals surface area contributed by atoms with Gasteiger partial charge in [0.2, 0.25) is 11.8 Å². The number of alkyl halides is 1. The summed E-state index contributed by atoms with van der Waals surface area (Å²) in [6.07, 6.45) is 0. The molecule has 0 unspecified atom stereocenters. The highest BCUT2D eigenvalue weighted by atomic mass is 35.5. The molecule has 3 N–H and O–H groups in total. The van der Waals surface area contributed by atoms with Crippen LogP contribution in [0.3, 0.4) is 0 Å². The lowest BCUT2D eigenvalue weighted by Gasteiger charge is -2.08. The monoisotopic (exact) mass is 240 g/mol. The van der Waals surface area contributed by atoms with E-state index in [0.717, 1.165) is 11.1 Å². The zero-order valence-electron chi connectivity index (χ0n) is 8.92. The van der Waals surface area contributed by atoms with E-state index in [1.807, 2.05) is 6.92 Å². The van der Waals surface area contributed by atoms with Crippen molar-refractivity contribution in [2.24, 2.45) is 5.73 Å². The van der Waals surface area contributed by atoms with E-state index in [1.165, 1.54) is 0 Å². The summed E-state index contributed by atoms with van der Waals surface area (Å²) in [5.41, 5.74) is 7.44. The Hall–Kier alpha value is -1.55. The number of benzene rings is 1. The van der Waals surface area contributed by atoms with Crippen LogP contribution in [0.2, 0.25) is 0 Å². The molecule has 1 aromatic carbocycles. The fourth-order valence-corrected chi connectivity index (χ4v) is 1.35. The van der Waals surface area contributed by atoms with E-state index in [2.05, 4.69) is 5.32 Å². The molecule has 2 amide bonds. The lowest BCUT2D eigenvalue weighted by Crippen LogP contribution is -2.24. The standard InChI is InChI=1S/C11H13ClN2O2/c1-7-2-3-8(11(13)16)4-9(7)6-14-10(15)5-12/h2-4H,5-6H2,1H3,(H2,13,16)(H,14,15). The molecule has 1 rings (SSSR count). The van der Waals surface area contributed by atoms with Crippen LogP contribution in [0, 0.1) is 6.92 Å². The molecular formula is C11H13ClN2O2. The molecule has 0 aromatic heterocycles. The van der Waals surface area contributed by atoms with Gasteiger partial charge in [0, 0.05) is 12.1 Å². The number of hydrogen-bond donors (Lipinski definition) is 2.